The van der Waals surface area contributed by atoms with Crippen molar-refractivity contribution in [1.82, 2.24) is 24.5 Å². The smallest absolute Gasteiger partial charge is 0.254 e. The van der Waals surface area contributed by atoms with Crippen molar-refractivity contribution in [3.8, 4) is 11.6 Å². The van der Waals surface area contributed by atoms with E-state index in [4.69, 9.17) is 21.0 Å². The molecule has 0 aliphatic carbocycles. The average molecular weight is 487 g/mol. The first-order valence-corrected chi connectivity index (χ1v) is 11.9. The molecule has 4 heterocycles. The number of halogens is 1. The molecule has 1 fully saturated rings. The number of nitrogens with zero attached hydrogens (tertiary/aromatic N) is 6. The predicted molar refractivity (Wildman–Crippen MR) is 135 cm³/mol. The highest BCUT2D eigenvalue weighted by molar-refractivity contribution is 6.31. The summed E-state index contributed by atoms with van der Waals surface area (Å²) in [5.41, 5.74) is 3.20. The Morgan fingerprint density at radius 1 is 1.09 bits per heavy atom. The van der Waals surface area contributed by atoms with Crippen LogP contribution >= 0.6 is 11.6 Å². The van der Waals surface area contributed by atoms with Gasteiger partial charge in [0, 0.05) is 41.6 Å². The summed E-state index contributed by atoms with van der Waals surface area (Å²) < 4.78 is 7.57. The number of anilines is 1. The van der Waals surface area contributed by atoms with Gasteiger partial charge in [-0.2, -0.15) is 0 Å². The van der Waals surface area contributed by atoms with Crippen molar-refractivity contribution in [2.75, 3.05) is 24.5 Å². The van der Waals surface area contributed by atoms with Gasteiger partial charge in [-0.05, 0) is 56.3 Å². The zero-order valence-electron chi connectivity index (χ0n) is 19.3. The Morgan fingerprint density at radius 2 is 1.97 bits per heavy atom. The molecule has 2 aromatic carbocycles. The van der Waals surface area contributed by atoms with Gasteiger partial charge in [-0.1, -0.05) is 29.3 Å². The van der Waals surface area contributed by atoms with Gasteiger partial charge in [-0.25, -0.2) is 9.38 Å². The molecule has 1 aliphatic heterocycles. The second-order valence-corrected chi connectivity index (χ2v) is 9.33. The van der Waals surface area contributed by atoms with Crippen LogP contribution < -0.4 is 4.90 Å². The van der Waals surface area contributed by atoms with Gasteiger partial charge in [0.05, 0.1) is 11.8 Å². The third kappa shape index (κ3) is 3.70. The zero-order chi connectivity index (χ0) is 24.1. The van der Waals surface area contributed by atoms with Gasteiger partial charge in [0.2, 0.25) is 11.8 Å². The van der Waals surface area contributed by atoms with E-state index in [0.29, 0.717) is 53.4 Å². The van der Waals surface area contributed by atoms with E-state index in [2.05, 4.69) is 22.0 Å². The molecule has 0 radical (unpaired) electrons. The maximum Gasteiger partial charge on any atom is 0.254 e. The number of benzene rings is 2. The first kappa shape index (κ1) is 21.6. The highest BCUT2D eigenvalue weighted by Gasteiger charge is 2.31. The van der Waals surface area contributed by atoms with Gasteiger partial charge in [0.1, 0.15) is 0 Å². The minimum absolute atomic E-state index is 0.0211. The van der Waals surface area contributed by atoms with Crippen molar-refractivity contribution in [2.45, 2.75) is 19.9 Å². The standard InChI is InChI=1S/C26H23ClN6O2/c1-16-5-3-6-18(13-16)25(34)32-11-10-31(15-17(32)2)26-28-21-14-19(27)8-9-20(21)23-29-30-24(33(23)26)22-7-4-12-35-22/h3-9,12-14,17H,10-11,15H2,1-2H3/t17-/m0/s1. The Morgan fingerprint density at radius 3 is 2.74 bits per heavy atom. The Labute approximate surface area is 206 Å². The van der Waals surface area contributed by atoms with Crippen LogP contribution in [0.15, 0.2) is 65.3 Å². The van der Waals surface area contributed by atoms with Crippen LogP contribution in [-0.2, 0) is 0 Å². The van der Waals surface area contributed by atoms with Crippen molar-refractivity contribution in [3.63, 3.8) is 0 Å². The zero-order valence-corrected chi connectivity index (χ0v) is 20.1. The summed E-state index contributed by atoms with van der Waals surface area (Å²) in [6.07, 6.45) is 1.61. The summed E-state index contributed by atoms with van der Waals surface area (Å²) in [6, 6.07) is 17.0. The number of hydrogen-bond acceptors (Lipinski definition) is 6. The van der Waals surface area contributed by atoms with Gasteiger partial charge in [-0.3, -0.25) is 4.79 Å². The third-order valence-electron chi connectivity index (χ3n) is 6.46. The fourth-order valence-corrected chi connectivity index (χ4v) is 4.92. The number of furan rings is 1. The van der Waals surface area contributed by atoms with E-state index in [1.807, 2.05) is 70.8 Å². The molecule has 5 aromatic rings. The number of carbonyl (C=O) groups is 1. The van der Waals surface area contributed by atoms with Gasteiger partial charge in [-0.15, -0.1) is 10.2 Å². The number of aromatic nitrogens is 4. The second-order valence-electron chi connectivity index (χ2n) is 8.90. The minimum Gasteiger partial charge on any atom is -0.461 e. The van der Waals surface area contributed by atoms with Crippen molar-refractivity contribution in [1.29, 1.82) is 0 Å². The maximum absolute atomic E-state index is 13.2. The fraction of sp³-hybridized carbons (Fsp3) is 0.231. The molecule has 176 valence electrons. The van der Waals surface area contributed by atoms with E-state index in [9.17, 15) is 4.79 Å². The topological polar surface area (TPSA) is 79.8 Å². The van der Waals surface area contributed by atoms with Crippen molar-refractivity contribution >= 4 is 40.0 Å². The molecule has 9 heteroatoms. The van der Waals surface area contributed by atoms with Gasteiger partial charge in [0.15, 0.2) is 11.4 Å². The van der Waals surface area contributed by atoms with E-state index < -0.39 is 0 Å². The highest BCUT2D eigenvalue weighted by Crippen LogP contribution is 2.31. The number of fused-ring (bicyclic) bond motifs is 3. The molecular weight excluding hydrogens is 464 g/mol. The van der Waals surface area contributed by atoms with Gasteiger partial charge < -0.3 is 14.2 Å². The minimum atomic E-state index is -0.0211. The number of piperazine rings is 1. The van der Waals surface area contributed by atoms with Crippen molar-refractivity contribution in [3.05, 3.63) is 77.0 Å². The van der Waals surface area contributed by atoms with Crippen LogP contribution in [0.2, 0.25) is 5.02 Å². The summed E-state index contributed by atoms with van der Waals surface area (Å²) in [5.74, 6) is 1.93. The van der Waals surface area contributed by atoms with Gasteiger partial charge in [0.25, 0.3) is 5.91 Å². The Kier molecular flexibility index (Phi) is 5.18. The Balaban J connectivity index is 1.41. The summed E-state index contributed by atoms with van der Waals surface area (Å²) in [4.78, 5) is 22.3. The fourth-order valence-electron chi connectivity index (χ4n) is 4.75. The number of hydrogen-bond donors (Lipinski definition) is 0. The Hall–Kier alpha value is -3.91. The molecule has 3 aromatic heterocycles. The SMILES string of the molecule is Cc1cccc(C(=O)N2CCN(c3nc4cc(Cl)ccc4c4nnc(-c5ccco5)n34)C[C@@H]2C)c1. The van der Waals surface area contributed by atoms with E-state index in [-0.39, 0.29) is 11.9 Å². The molecular formula is C26H23ClN6O2. The maximum atomic E-state index is 13.2. The number of rotatable bonds is 3. The molecule has 1 aliphatic rings. The number of amides is 1. The Bertz CT molecular complexity index is 1560. The van der Waals surface area contributed by atoms with Crippen LogP contribution in [0.5, 0.6) is 0 Å². The molecule has 8 nitrogen and oxygen atoms in total. The molecule has 1 atom stereocenters. The van der Waals surface area contributed by atoms with Crippen molar-refractivity contribution < 1.29 is 9.21 Å². The van der Waals surface area contributed by atoms with E-state index in [1.54, 1.807) is 6.26 Å². The first-order chi connectivity index (χ1) is 17.0. The van der Waals surface area contributed by atoms with E-state index in [1.165, 1.54) is 0 Å². The van der Waals surface area contributed by atoms with Crippen molar-refractivity contribution in [2.24, 2.45) is 0 Å². The lowest BCUT2D eigenvalue weighted by molar-refractivity contribution is 0.0673. The third-order valence-corrected chi connectivity index (χ3v) is 6.70. The van der Waals surface area contributed by atoms with Crippen LogP contribution in [0.3, 0.4) is 0 Å². The van der Waals surface area contributed by atoms with Crippen LogP contribution in [0.1, 0.15) is 22.8 Å². The highest BCUT2D eigenvalue weighted by atomic mass is 35.5. The summed E-state index contributed by atoms with van der Waals surface area (Å²) in [6.45, 7) is 5.86. The first-order valence-electron chi connectivity index (χ1n) is 11.5. The molecule has 0 N–H and O–H groups in total. The lowest BCUT2D eigenvalue weighted by Gasteiger charge is -2.40. The van der Waals surface area contributed by atoms with E-state index in [0.717, 1.165) is 16.5 Å². The predicted octanol–water partition coefficient (Wildman–Crippen LogP) is 4.85. The van der Waals surface area contributed by atoms with Crippen LogP contribution in [0, 0.1) is 6.92 Å². The molecule has 0 bridgehead atoms. The van der Waals surface area contributed by atoms with E-state index >= 15 is 0 Å². The average Bonchev–Trinajstić information content (AvgIpc) is 3.53. The quantitative estimate of drug-likeness (QED) is 0.362. The normalized spacial score (nSPS) is 16.4. The van der Waals surface area contributed by atoms with Crippen LogP contribution in [0.25, 0.3) is 28.1 Å². The molecule has 0 saturated carbocycles. The monoisotopic (exact) mass is 486 g/mol. The summed E-state index contributed by atoms with van der Waals surface area (Å²) >= 11 is 6.29. The molecule has 0 spiro atoms. The molecule has 1 amide bonds. The molecule has 35 heavy (non-hydrogen) atoms. The summed E-state index contributed by atoms with van der Waals surface area (Å²) in [5, 5.41) is 10.4. The summed E-state index contributed by atoms with van der Waals surface area (Å²) in [7, 11) is 0. The second kappa shape index (κ2) is 8.39. The largest absolute Gasteiger partial charge is 0.461 e. The molecule has 1 saturated heterocycles. The number of carbonyl (C=O) groups excluding carboxylic acids is 1. The molecule has 0 unspecified atom stereocenters. The van der Waals surface area contributed by atoms with Crippen LogP contribution in [0.4, 0.5) is 5.95 Å². The lowest BCUT2D eigenvalue weighted by atomic mass is 10.1. The van der Waals surface area contributed by atoms with Crippen LogP contribution in [-0.4, -0.2) is 56.1 Å². The lowest BCUT2D eigenvalue weighted by Crippen LogP contribution is -2.54. The molecule has 6 rings (SSSR count). The number of aryl methyl sites for hydroxylation is 1. The van der Waals surface area contributed by atoms with Gasteiger partial charge >= 0.3 is 0 Å².